The van der Waals surface area contributed by atoms with Crippen molar-refractivity contribution in [3.05, 3.63) is 69.9 Å². The molecular formula is C21H21ClN2O2S. The van der Waals surface area contributed by atoms with Gasteiger partial charge in [-0.15, -0.1) is 22.9 Å². The highest BCUT2D eigenvalue weighted by Gasteiger charge is 2.18. The third-order valence-electron chi connectivity index (χ3n) is 4.34. The zero-order valence-corrected chi connectivity index (χ0v) is 16.6. The second-order valence-electron chi connectivity index (χ2n) is 6.19. The van der Waals surface area contributed by atoms with Crippen molar-refractivity contribution in [3.8, 4) is 0 Å². The predicted molar refractivity (Wildman–Crippen MR) is 112 cm³/mol. The predicted octanol–water partition coefficient (Wildman–Crippen LogP) is 4.29. The zero-order valence-electron chi connectivity index (χ0n) is 15.0. The van der Waals surface area contributed by atoms with Crippen LogP contribution in [0.2, 0.25) is 0 Å². The topological polar surface area (TPSA) is 58.2 Å². The van der Waals surface area contributed by atoms with E-state index in [9.17, 15) is 9.59 Å². The number of carbonyl (C=O) groups excluding carboxylic acids is 2. The summed E-state index contributed by atoms with van der Waals surface area (Å²) in [7, 11) is 0. The van der Waals surface area contributed by atoms with Crippen LogP contribution in [0.25, 0.3) is 10.8 Å². The highest BCUT2D eigenvalue weighted by molar-refractivity contribution is 7.14. The van der Waals surface area contributed by atoms with Crippen LogP contribution in [0.1, 0.15) is 33.1 Å². The van der Waals surface area contributed by atoms with E-state index in [1.807, 2.05) is 54.6 Å². The Morgan fingerprint density at radius 2 is 1.85 bits per heavy atom. The standard InChI is InChI=1S/C21H21ClN2O2S/c1-2-17-9-10-19(27-17)21(26)24-18(13-23-20(25)12-22)16-8-7-14-5-3-4-6-15(14)11-16/h3-11,18H,2,12-13H2,1H3,(H,23,25)(H,24,26). The van der Waals surface area contributed by atoms with E-state index in [0.29, 0.717) is 4.88 Å². The number of hydrogen-bond acceptors (Lipinski definition) is 3. The van der Waals surface area contributed by atoms with Crippen LogP contribution in [0.15, 0.2) is 54.6 Å². The van der Waals surface area contributed by atoms with Gasteiger partial charge in [-0.25, -0.2) is 0 Å². The van der Waals surface area contributed by atoms with Gasteiger partial charge in [0.1, 0.15) is 5.88 Å². The highest BCUT2D eigenvalue weighted by Crippen LogP contribution is 2.22. The minimum Gasteiger partial charge on any atom is -0.353 e. The fourth-order valence-electron chi connectivity index (χ4n) is 2.86. The molecule has 4 nitrogen and oxygen atoms in total. The fraction of sp³-hybridized carbons (Fsp3) is 0.238. The zero-order chi connectivity index (χ0) is 19.2. The van der Waals surface area contributed by atoms with Crippen molar-refractivity contribution in [2.45, 2.75) is 19.4 Å². The van der Waals surface area contributed by atoms with Crippen LogP contribution in [-0.2, 0) is 11.2 Å². The smallest absolute Gasteiger partial charge is 0.261 e. The molecule has 1 aromatic heterocycles. The molecule has 3 aromatic rings. The number of halogens is 1. The van der Waals surface area contributed by atoms with Gasteiger partial charge < -0.3 is 10.6 Å². The molecule has 2 aromatic carbocycles. The Morgan fingerprint density at radius 3 is 2.56 bits per heavy atom. The number of alkyl halides is 1. The maximum Gasteiger partial charge on any atom is 0.261 e. The van der Waals surface area contributed by atoms with Gasteiger partial charge in [0, 0.05) is 11.4 Å². The lowest BCUT2D eigenvalue weighted by molar-refractivity contribution is -0.118. The summed E-state index contributed by atoms with van der Waals surface area (Å²) in [6.45, 7) is 2.34. The molecule has 0 saturated heterocycles. The summed E-state index contributed by atoms with van der Waals surface area (Å²) in [5, 5.41) is 8.03. The molecular weight excluding hydrogens is 380 g/mol. The Kier molecular flexibility index (Phi) is 6.48. The summed E-state index contributed by atoms with van der Waals surface area (Å²) in [6, 6.07) is 17.5. The molecule has 6 heteroatoms. The Hall–Kier alpha value is -2.37. The first-order valence-corrected chi connectivity index (χ1v) is 10.2. The van der Waals surface area contributed by atoms with E-state index in [0.717, 1.165) is 27.6 Å². The van der Waals surface area contributed by atoms with Crippen molar-refractivity contribution in [3.63, 3.8) is 0 Å². The molecule has 140 valence electrons. The molecule has 0 aliphatic rings. The first-order valence-electron chi connectivity index (χ1n) is 8.81. The summed E-state index contributed by atoms with van der Waals surface area (Å²) < 4.78 is 0. The molecule has 1 heterocycles. The van der Waals surface area contributed by atoms with Gasteiger partial charge in [0.15, 0.2) is 0 Å². The van der Waals surface area contributed by atoms with Crippen LogP contribution in [0.4, 0.5) is 0 Å². The molecule has 0 bridgehead atoms. The molecule has 0 aliphatic heterocycles. The van der Waals surface area contributed by atoms with Gasteiger partial charge in [-0.3, -0.25) is 9.59 Å². The molecule has 1 atom stereocenters. The summed E-state index contributed by atoms with van der Waals surface area (Å²) in [5.41, 5.74) is 0.934. The van der Waals surface area contributed by atoms with Gasteiger partial charge in [-0.1, -0.05) is 43.3 Å². The number of fused-ring (bicyclic) bond motifs is 1. The molecule has 0 spiro atoms. The monoisotopic (exact) mass is 400 g/mol. The van der Waals surface area contributed by atoms with E-state index in [1.54, 1.807) is 0 Å². The number of rotatable bonds is 7. The first-order chi connectivity index (χ1) is 13.1. The van der Waals surface area contributed by atoms with Crippen molar-refractivity contribution in [1.29, 1.82) is 0 Å². The van der Waals surface area contributed by atoms with E-state index in [2.05, 4.69) is 17.6 Å². The van der Waals surface area contributed by atoms with E-state index in [1.165, 1.54) is 11.3 Å². The first kappa shape index (κ1) is 19.4. The summed E-state index contributed by atoms with van der Waals surface area (Å²) in [4.78, 5) is 26.1. The lowest BCUT2D eigenvalue weighted by Crippen LogP contribution is -2.38. The second kappa shape index (κ2) is 9.02. The van der Waals surface area contributed by atoms with Gasteiger partial charge in [0.2, 0.25) is 5.91 Å². The van der Waals surface area contributed by atoms with E-state index < -0.39 is 0 Å². The third-order valence-corrected chi connectivity index (χ3v) is 5.81. The van der Waals surface area contributed by atoms with Crippen molar-refractivity contribution >= 4 is 45.5 Å². The minimum absolute atomic E-state index is 0.108. The molecule has 2 amide bonds. The molecule has 1 unspecified atom stereocenters. The van der Waals surface area contributed by atoms with Crippen LogP contribution < -0.4 is 10.6 Å². The summed E-state index contributed by atoms with van der Waals surface area (Å²) >= 11 is 7.07. The summed E-state index contributed by atoms with van der Waals surface area (Å²) in [5.74, 6) is -0.512. The maximum atomic E-state index is 12.7. The quantitative estimate of drug-likeness (QED) is 0.581. The number of carbonyl (C=O) groups is 2. The van der Waals surface area contributed by atoms with Crippen molar-refractivity contribution in [1.82, 2.24) is 10.6 Å². The molecule has 2 N–H and O–H groups in total. The van der Waals surface area contributed by atoms with Gasteiger partial charge in [-0.2, -0.15) is 0 Å². The average molecular weight is 401 g/mol. The lowest BCUT2D eigenvalue weighted by Gasteiger charge is -2.20. The van der Waals surface area contributed by atoms with Crippen LogP contribution in [0, 0.1) is 0 Å². The minimum atomic E-state index is -0.346. The van der Waals surface area contributed by atoms with Crippen LogP contribution in [0.5, 0.6) is 0 Å². The fourth-order valence-corrected chi connectivity index (χ4v) is 3.80. The Morgan fingerprint density at radius 1 is 1.07 bits per heavy atom. The number of amides is 2. The van der Waals surface area contributed by atoms with Gasteiger partial charge in [-0.05, 0) is 41.0 Å². The number of nitrogens with one attached hydrogen (secondary N) is 2. The van der Waals surface area contributed by atoms with E-state index >= 15 is 0 Å². The second-order valence-corrected chi connectivity index (χ2v) is 7.63. The van der Waals surface area contributed by atoms with Crippen molar-refractivity contribution in [2.75, 3.05) is 12.4 Å². The van der Waals surface area contributed by atoms with E-state index in [-0.39, 0.29) is 30.3 Å². The third kappa shape index (κ3) is 4.87. The summed E-state index contributed by atoms with van der Waals surface area (Å²) in [6.07, 6.45) is 0.901. The van der Waals surface area contributed by atoms with Gasteiger partial charge >= 0.3 is 0 Å². The number of aryl methyl sites for hydroxylation is 1. The SMILES string of the molecule is CCc1ccc(C(=O)NC(CNC(=O)CCl)c2ccc3ccccc3c2)s1. The van der Waals surface area contributed by atoms with Crippen LogP contribution in [0.3, 0.4) is 0 Å². The molecule has 0 fully saturated rings. The van der Waals surface area contributed by atoms with E-state index in [4.69, 9.17) is 11.6 Å². The molecule has 0 radical (unpaired) electrons. The van der Waals surface area contributed by atoms with Crippen molar-refractivity contribution < 1.29 is 9.59 Å². The largest absolute Gasteiger partial charge is 0.353 e. The average Bonchev–Trinajstić information content (AvgIpc) is 3.19. The van der Waals surface area contributed by atoms with Gasteiger partial charge in [0.05, 0.1) is 10.9 Å². The maximum absolute atomic E-state index is 12.7. The number of benzene rings is 2. The Bertz CT molecular complexity index is 954. The van der Waals surface area contributed by atoms with Crippen LogP contribution in [-0.4, -0.2) is 24.2 Å². The highest BCUT2D eigenvalue weighted by atomic mass is 35.5. The van der Waals surface area contributed by atoms with Crippen molar-refractivity contribution in [2.24, 2.45) is 0 Å². The molecule has 27 heavy (non-hydrogen) atoms. The number of hydrogen-bond donors (Lipinski definition) is 2. The molecule has 0 saturated carbocycles. The lowest BCUT2D eigenvalue weighted by atomic mass is 10.0. The normalized spacial score (nSPS) is 11.9. The molecule has 0 aliphatic carbocycles. The van der Waals surface area contributed by atoms with Crippen LogP contribution >= 0.6 is 22.9 Å². The van der Waals surface area contributed by atoms with Gasteiger partial charge in [0.25, 0.3) is 5.91 Å². The molecule has 3 rings (SSSR count). The Labute approximate surface area is 167 Å². The number of thiophene rings is 1. The Balaban J connectivity index is 1.84.